The van der Waals surface area contributed by atoms with Gasteiger partial charge >= 0.3 is 0 Å². The first-order valence-corrected chi connectivity index (χ1v) is 16.2. The van der Waals surface area contributed by atoms with E-state index in [2.05, 4.69) is 190 Å². The molecule has 1 nitrogen and oxygen atoms in total. The zero-order valence-corrected chi connectivity index (χ0v) is 26.1. The fourth-order valence-electron chi connectivity index (χ4n) is 7.67. The van der Waals surface area contributed by atoms with E-state index in [0.717, 1.165) is 10.2 Å². The lowest BCUT2D eigenvalue weighted by Crippen LogP contribution is -2.28. The zero-order valence-electron chi connectivity index (χ0n) is 24.5. The molecule has 0 saturated carbocycles. The second-order valence-electron chi connectivity index (χ2n) is 11.9. The first kappa shape index (κ1) is 26.2. The molecule has 8 aromatic rings. The van der Waals surface area contributed by atoms with Gasteiger partial charge in [0.15, 0.2) is 0 Å². The Hall–Kier alpha value is -5.18. The topological polar surface area (TPSA) is 4.93 Å². The first-order valence-electron chi connectivity index (χ1n) is 15.4. The second-order valence-corrected chi connectivity index (χ2v) is 12.8. The van der Waals surface area contributed by atoms with Crippen molar-refractivity contribution in [1.29, 1.82) is 0 Å². The van der Waals surface area contributed by atoms with E-state index in [1.165, 1.54) is 66.3 Å². The van der Waals surface area contributed by atoms with E-state index in [4.69, 9.17) is 0 Å². The van der Waals surface area contributed by atoms with Gasteiger partial charge in [0.2, 0.25) is 0 Å². The highest BCUT2D eigenvalue weighted by atomic mass is 79.9. The second kappa shape index (κ2) is 10.2. The SMILES string of the molecule is Brc1cccc(-c2ccc3c4ccccc4n(-c4ccc5c(c4)C(c4ccccc4)(c4ccccc4)c4ccccc4-5)c3c2)c1. The smallest absolute Gasteiger partial charge is 0.0714 e. The quantitative estimate of drug-likeness (QED) is 0.181. The normalized spacial score (nSPS) is 13.2. The number of aromatic nitrogens is 1. The Morgan fingerprint density at radius 1 is 0.422 bits per heavy atom. The summed E-state index contributed by atoms with van der Waals surface area (Å²) < 4.78 is 3.54. The van der Waals surface area contributed by atoms with E-state index < -0.39 is 5.41 Å². The summed E-state index contributed by atoms with van der Waals surface area (Å²) >= 11 is 3.67. The van der Waals surface area contributed by atoms with E-state index in [1.807, 2.05) is 0 Å². The summed E-state index contributed by atoms with van der Waals surface area (Å²) in [5.41, 5.74) is 13.3. The zero-order chi connectivity index (χ0) is 30.0. The maximum Gasteiger partial charge on any atom is 0.0714 e. The first-order chi connectivity index (χ1) is 22.2. The standard InChI is InChI=1S/C43H28BrN/c44-33-17-11-12-29(26-33)30-22-24-38-37-19-8-10-21-41(37)45(42(38)27-30)34-23-25-36-35-18-7-9-20-39(35)43(40(36)28-34,31-13-3-1-4-14-31)32-15-5-2-6-16-32/h1-28H. The predicted octanol–water partition coefficient (Wildman–Crippen LogP) is 11.6. The molecule has 0 saturated heterocycles. The van der Waals surface area contributed by atoms with E-state index in [9.17, 15) is 0 Å². The Bertz CT molecular complexity index is 2340. The van der Waals surface area contributed by atoms with Crippen molar-refractivity contribution in [2.75, 3.05) is 0 Å². The summed E-state index contributed by atoms with van der Waals surface area (Å²) in [6.45, 7) is 0. The van der Waals surface area contributed by atoms with Gasteiger partial charge in [-0.25, -0.2) is 0 Å². The minimum Gasteiger partial charge on any atom is -0.309 e. The molecule has 1 aliphatic carbocycles. The van der Waals surface area contributed by atoms with Crippen LogP contribution in [0.1, 0.15) is 22.3 Å². The summed E-state index contributed by atoms with van der Waals surface area (Å²) in [5.74, 6) is 0. The maximum absolute atomic E-state index is 3.67. The number of fused-ring (bicyclic) bond motifs is 6. The molecule has 0 radical (unpaired) electrons. The van der Waals surface area contributed by atoms with Gasteiger partial charge in [-0.3, -0.25) is 0 Å². The molecule has 0 spiro atoms. The van der Waals surface area contributed by atoms with Gasteiger partial charge in [0.25, 0.3) is 0 Å². The summed E-state index contributed by atoms with van der Waals surface area (Å²) in [6.07, 6.45) is 0. The van der Waals surface area contributed by atoms with Crippen molar-refractivity contribution >= 4 is 37.7 Å². The predicted molar refractivity (Wildman–Crippen MR) is 191 cm³/mol. The number of halogens is 1. The summed E-state index contributed by atoms with van der Waals surface area (Å²) in [7, 11) is 0. The molecule has 2 heteroatoms. The van der Waals surface area contributed by atoms with Crippen molar-refractivity contribution < 1.29 is 0 Å². The minimum absolute atomic E-state index is 0.440. The molecule has 45 heavy (non-hydrogen) atoms. The molecule has 0 aliphatic heterocycles. The highest BCUT2D eigenvalue weighted by Crippen LogP contribution is 2.56. The maximum atomic E-state index is 3.67. The molecule has 212 valence electrons. The highest BCUT2D eigenvalue weighted by molar-refractivity contribution is 9.10. The van der Waals surface area contributed by atoms with Gasteiger partial charge in [-0.1, -0.05) is 149 Å². The summed E-state index contributed by atoms with van der Waals surface area (Å²) in [4.78, 5) is 0. The van der Waals surface area contributed by atoms with Gasteiger partial charge in [0.05, 0.1) is 16.4 Å². The number of nitrogens with zero attached hydrogens (tertiary/aromatic N) is 1. The van der Waals surface area contributed by atoms with Crippen LogP contribution in [0.25, 0.3) is 49.7 Å². The van der Waals surface area contributed by atoms with Crippen LogP contribution in [0.5, 0.6) is 0 Å². The third kappa shape index (κ3) is 3.86. The Morgan fingerprint density at radius 2 is 1.07 bits per heavy atom. The molecular weight excluding hydrogens is 610 g/mol. The molecule has 0 fully saturated rings. The van der Waals surface area contributed by atoms with Gasteiger partial charge in [-0.2, -0.15) is 0 Å². The average Bonchev–Trinajstić information content (AvgIpc) is 3.59. The van der Waals surface area contributed by atoms with Crippen molar-refractivity contribution in [1.82, 2.24) is 4.57 Å². The summed E-state index contributed by atoms with van der Waals surface area (Å²) in [5, 5.41) is 2.51. The minimum atomic E-state index is -0.440. The Balaban J connectivity index is 1.37. The lowest BCUT2D eigenvalue weighted by atomic mass is 9.67. The van der Waals surface area contributed by atoms with Crippen LogP contribution in [0.4, 0.5) is 0 Å². The Kier molecular flexibility index (Phi) is 5.94. The van der Waals surface area contributed by atoms with Gasteiger partial charge in [-0.05, 0) is 80.9 Å². The van der Waals surface area contributed by atoms with Gasteiger partial charge in [0.1, 0.15) is 0 Å². The van der Waals surface area contributed by atoms with Crippen LogP contribution in [0.2, 0.25) is 0 Å². The number of hydrogen-bond acceptors (Lipinski definition) is 0. The van der Waals surface area contributed by atoms with Crippen molar-refractivity contribution in [2.45, 2.75) is 5.41 Å². The molecule has 0 N–H and O–H groups in total. The van der Waals surface area contributed by atoms with E-state index >= 15 is 0 Å². The van der Waals surface area contributed by atoms with E-state index in [1.54, 1.807) is 0 Å². The van der Waals surface area contributed by atoms with Crippen molar-refractivity contribution in [3.8, 4) is 27.9 Å². The van der Waals surface area contributed by atoms with Crippen LogP contribution in [0.3, 0.4) is 0 Å². The van der Waals surface area contributed by atoms with Crippen molar-refractivity contribution in [3.05, 3.63) is 197 Å². The molecule has 7 aromatic carbocycles. The number of hydrogen-bond donors (Lipinski definition) is 0. The van der Waals surface area contributed by atoms with Crippen LogP contribution in [-0.4, -0.2) is 4.57 Å². The Morgan fingerprint density at radius 3 is 1.84 bits per heavy atom. The van der Waals surface area contributed by atoms with Gasteiger partial charge < -0.3 is 4.57 Å². The van der Waals surface area contributed by atoms with Crippen molar-refractivity contribution in [3.63, 3.8) is 0 Å². The fourth-order valence-corrected chi connectivity index (χ4v) is 8.07. The molecule has 0 atom stereocenters. The Labute approximate surface area is 271 Å². The van der Waals surface area contributed by atoms with Crippen LogP contribution < -0.4 is 0 Å². The molecule has 1 aromatic heterocycles. The van der Waals surface area contributed by atoms with Crippen LogP contribution in [0.15, 0.2) is 174 Å². The van der Waals surface area contributed by atoms with Crippen LogP contribution >= 0.6 is 15.9 Å². The average molecular weight is 639 g/mol. The fraction of sp³-hybridized carbons (Fsp3) is 0.0233. The largest absolute Gasteiger partial charge is 0.309 e. The lowest BCUT2D eigenvalue weighted by molar-refractivity contribution is 0.767. The monoisotopic (exact) mass is 637 g/mol. The highest BCUT2D eigenvalue weighted by Gasteiger charge is 2.46. The molecule has 1 aliphatic rings. The van der Waals surface area contributed by atoms with Crippen LogP contribution in [-0.2, 0) is 5.41 Å². The van der Waals surface area contributed by atoms with Gasteiger partial charge in [0, 0.05) is 20.9 Å². The molecule has 0 bridgehead atoms. The third-order valence-electron chi connectivity index (χ3n) is 9.53. The number of benzene rings is 7. The van der Waals surface area contributed by atoms with Gasteiger partial charge in [-0.15, -0.1) is 0 Å². The number of para-hydroxylation sites is 1. The van der Waals surface area contributed by atoms with E-state index in [-0.39, 0.29) is 0 Å². The lowest BCUT2D eigenvalue weighted by Gasteiger charge is -2.34. The molecule has 9 rings (SSSR count). The van der Waals surface area contributed by atoms with E-state index in [0.29, 0.717) is 0 Å². The van der Waals surface area contributed by atoms with Crippen molar-refractivity contribution in [2.24, 2.45) is 0 Å². The summed E-state index contributed by atoms with van der Waals surface area (Å²) in [6, 6.07) is 62.3. The molecule has 0 unspecified atom stereocenters. The molecule has 0 amide bonds. The third-order valence-corrected chi connectivity index (χ3v) is 10.0. The number of rotatable bonds is 4. The molecular formula is C43H28BrN. The van der Waals surface area contributed by atoms with Crippen LogP contribution in [0, 0.1) is 0 Å². The molecule has 1 heterocycles.